The van der Waals surface area contributed by atoms with Crippen molar-refractivity contribution in [1.82, 2.24) is 19.1 Å². The summed E-state index contributed by atoms with van der Waals surface area (Å²) >= 11 is 0. The first-order valence-electron chi connectivity index (χ1n) is 17.6. The number of aromatic nitrogens is 4. The molecule has 7 aromatic carbocycles. The zero-order valence-corrected chi connectivity index (χ0v) is 29.1. The summed E-state index contributed by atoms with van der Waals surface area (Å²) in [5, 5.41) is 4.57. The lowest BCUT2D eigenvalue weighted by Gasteiger charge is -2.12. The second kappa shape index (κ2) is 12.0. The molecule has 0 aliphatic carbocycles. The predicted octanol–water partition coefficient (Wildman–Crippen LogP) is 11.1. The Morgan fingerprint density at radius 2 is 0.981 bits per heavy atom. The highest BCUT2D eigenvalue weighted by Gasteiger charge is 2.15. The van der Waals surface area contributed by atoms with E-state index in [9.17, 15) is 4.79 Å². The minimum atomic E-state index is -0.0406. The van der Waals surface area contributed by atoms with Crippen molar-refractivity contribution in [2.45, 2.75) is 0 Å². The fraction of sp³-hybridized carbons (Fsp3) is 0.0426. The van der Waals surface area contributed by atoms with E-state index in [0.29, 0.717) is 5.82 Å². The third-order valence-electron chi connectivity index (χ3n) is 10.4. The molecule has 10 rings (SSSR count). The molecule has 3 aromatic heterocycles. The summed E-state index contributed by atoms with van der Waals surface area (Å²) in [5.74, 6) is 0.660. The van der Waals surface area contributed by atoms with Crippen molar-refractivity contribution in [1.29, 1.82) is 0 Å². The Morgan fingerprint density at radius 3 is 1.70 bits per heavy atom. The number of imidazole rings is 1. The van der Waals surface area contributed by atoms with Gasteiger partial charge in [0.05, 0.1) is 22.4 Å². The molecule has 252 valence electrons. The first kappa shape index (κ1) is 30.7. The van der Waals surface area contributed by atoms with Gasteiger partial charge >= 0.3 is 5.69 Å². The molecule has 0 spiro atoms. The van der Waals surface area contributed by atoms with Gasteiger partial charge in [-0.2, -0.15) is 0 Å². The van der Waals surface area contributed by atoms with Gasteiger partial charge in [-0.15, -0.1) is 0 Å². The molecule has 3 heterocycles. The first-order chi connectivity index (χ1) is 26.0. The van der Waals surface area contributed by atoms with Crippen LogP contribution in [0.25, 0.3) is 99.9 Å². The Labute approximate surface area is 304 Å². The van der Waals surface area contributed by atoms with E-state index in [2.05, 4.69) is 121 Å². The number of rotatable bonds is 5. The molecule has 6 heteroatoms. The molecule has 0 bridgehead atoms. The van der Waals surface area contributed by atoms with Crippen molar-refractivity contribution in [2.75, 3.05) is 0 Å². The van der Waals surface area contributed by atoms with Crippen molar-refractivity contribution in [3.63, 3.8) is 0 Å². The van der Waals surface area contributed by atoms with Gasteiger partial charge in [0.1, 0.15) is 11.2 Å². The molecule has 6 nitrogen and oxygen atoms in total. The van der Waals surface area contributed by atoms with E-state index in [-0.39, 0.29) is 5.69 Å². The van der Waals surface area contributed by atoms with E-state index in [1.165, 1.54) is 10.8 Å². The summed E-state index contributed by atoms with van der Waals surface area (Å²) in [7, 11) is 3.62. The molecule has 0 saturated heterocycles. The number of nitrogens with zero attached hydrogens (tertiary/aromatic N) is 4. The van der Waals surface area contributed by atoms with Crippen LogP contribution in [0, 0.1) is 0 Å². The van der Waals surface area contributed by atoms with Gasteiger partial charge in [-0.25, -0.2) is 14.8 Å². The smallest absolute Gasteiger partial charge is 0.328 e. The van der Waals surface area contributed by atoms with Crippen LogP contribution in [-0.2, 0) is 14.1 Å². The van der Waals surface area contributed by atoms with Crippen LogP contribution in [0.1, 0.15) is 0 Å². The fourth-order valence-corrected chi connectivity index (χ4v) is 7.50. The maximum atomic E-state index is 12.6. The quantitative estimate of drug-likeness (QED) is 0.181. The van der Waals surface area contributed by atoms with Crippen LogP contribution < -0.4 is 5.69 Å². The van der Waals surface area contributed by atoms with E-state index in [1.807, 2.05) is 43.4 Å². The summed E-state index contributed by atoms with van der Waals surface area (Å²) < 4.78 is 9.66. The van der Waals surface area contributed by atoms with E-state index in [0.717, 1.165) is 83.3 Å². The lowest BCUT2D eigenvalue weighted by molar-refractivity contribution is 0.669. The molecule has 0 aliphatic heterocycles. The zero-order chi connectivity index (χ0) is 35.6. The monoisotopic (exact) mass is 684 g/mol. The molecule has 53 heavy (non-hydrogen) atoms. The number of furan rings is 1. The van der Waals surface area contributed by atoms with Crippen LogP contribution in [-0.4, -0.2) is 19.1 Å². The topological polar surface area (TPSA) is 65.8 Å². The van der Waals surface area contributed by atoms with Gasteiger partial charge in [0.25, 0.3) is 0 Å². The second-order valence-electron chi connectivity index (χ2n) is 13.6. The van der Waals surface area contributed by atoms with Gasteiger partial charge in [-0.3, -0.25) is 9.13 Å². The summed E-state index contributed by atoms with van der Waals surface area (Å²) in [5.41, 5.74) is 12.4. The average molecular weight is 685 g/mol. The summed E-state index contributed by atoms with van der Waals surface area (Å²) in [6, 6.07) is 54.5. The Bertz CT molecular complexity index is 3110. The van der Waals surface area contributed by atoms with E-state index in [4.69, 9.17) is 14.4 Å². The SMILES string of the molecule is Cn1c(=O)n(C)c2cc(-c3cccc(-c4cc(-c5cccc(-c6ccc7oc8cc9ccccc9cc8c7c6)c5)nc(-c5ccccc5)n4)c3)ccc21. The van der Waals surface area contributed by atoms with Crippen molar-refractivity contribution in [3.05, 3.63) is 168 Å². The largest absolute Gasteiger partial charge is 0.456 e. The van der Waals surface area contributed by atoms with Gasteiger partial charge in [-0.05, 0) is 87.6 Å². The van der Waals surface area contributed by atoms with Crippen molar-refractivity contribution >= 4 is 43.7 Å². The third-order valence-corrected chi connectivity index (χ3v) is 10.4. The lowest BCUT2D eigenvalue weighted by atomic mass is 9.98. The Balaban J connectivity index is 1.08. The van der Waals surface area contributed by atoms with E-state index in [1.54, 1.807) is 16.2 Å². The number of aryl methyl sites for hydroxylation is 2. The standard InChI is InChI=1S/C47H32N4O2/c1-50-42-20-18-35(26-43(42)51(2)47(50)52)31-15-9-17-37(23-31)41-28-40(48-46(49-41)29-10-4-3-5-11-29)36-16-8-14-30(22-36)34-19-21-44-38(25-34)39-24-32-12-6-7-13-33(32)27-45(39)53-44/h3-28H,1-2H3. The zero-order valence-electron chi connectivity index (χ0n) is 29.1. The molecule has 0 N–H and O–H groups in total. The third kappa shape index (κ3) is 5.23. The molecule has 0 amide bonds. The van der Waals surface area contributed by atoms with Crippen molar-refractivity contribution in [3.8, 4) is 56.2 Å². The molecular formula is C47H32N4O2. The molecule has 0 atom stereocenters. The van der Waals surface area contributed by atoms with Crippen LogP contribution in [0.3, 0.4) is 0 Å². The van der Waals surface area contributed by atoms with Gasteiger partial charge in [0, 0.05) is 41.6 Å². The molecule has 0 aliphatic rings. The van der Waals surface area contributed by atoms with Gasteiger partial charge in [0.15, 0.2) is 5.82 Å². The minimum absolute atomic E-state index is 0.0406. The van der Waals surface area contributed by atoms with Crippen LogP contribution in [0.15, 0.2) is 167 Å². The van der Waals surface area contributed by atoms with Gasteiger partial charge < -0.3 is 4.42 Å². The number of fused-ring (bicyclic) bond motifs is 5. The Kier molecular flexibility index (Phi) is 6.98. The normalized spacial score (nSPS) is 11.7. The molecule has 10 aromatic rings. The molecular weight excluding hydrogens is 653 g/mol. The molecule has 0 unspecified atom stereocenters. The van der Waals surface area contributed by atoms with Crippen LogP contribution in [0.5, 0.6) is 0 Å². The highest BCUT2D eigenvalue weighted by molar-refractivity contribution is 6.11. The highest BCUT2D eigenvalue weighted by Crippen LogP contribution is 2.37. The molecule has 0 fully saturated rings. The van der Waals surface area contributed by atoms with Crippen LogP contribution >= 0.6 is 0 Å². The van der Waals surface area contributed by atoms with Crippen molar-refractivity contribution < 1.29 is 4.42 Å². The summed E-state index contributed by atoms with van der Waals surface area (Å²) in [4.78, 5) is 22.8. The van der Waals surface area contributed by atoms with Crippen LogP contribution in [0.4, 0.5) is 0 Å². The number of benzene rings is 7. The first-order valence-corrected chi connectivity index (χ1v) is 17.6. The predicted molar refractivity (Wildman–Crippen MR) is 216 cm³/mol. The van der Waals surface area contributed by atoms with Crippen molar-refractivity contribution in [2.24, 2.45) is 14.1 Å². The Morgan fingerprint density at radius 1 is 0.434 bits per heavy atom. The number of hydrogen-bond donors (Lipinski definition) is 0. The number of hydrogen-bond acceptors (Lipinski definition) is 4. The summed E-state index contributed by atoms with van der Waals surface area (Å²) in [6.45, 7) is 0. The second-order valence-corrected chi connectivity index (χ2v) is 13.6. The molecule has 0 saturated carbocycles. The van der Waals surface area contributed by atoms with Crippen LogP contribution in [0.2, 0.25) is 0 Å². The molecule has 0 radical (unpaired) electrons. The fourth-order valence-electron chi connectivity index (χ4n) is 7.50. The van der Waals surface area contributed by atoms with E-state index < -0.39 is 0 Å². The maximum Gasteiger partial charge on any atom is 0.328 e. The average Bonchev–Trinajstić information content (AvgIpc) is 3.68. The summed E-state index contributed by atoms with van der Waals surface area (Å²) in [6.07, 6.45) is 0. The van der Waals surface area contributed by atoms with Gasteiger partial charge in [-0.1, -0.05) is 103 Å². The van der Waals surface area contributed by atoms with Gasteiger partial charge in [0.2, 0.25) is 0 Å². The lowest BCUT2D eigenvalue weighted by Crippen LogP contribution is -2.19. The highest BCUT2D eigenvalue weighted by atomic mass is 16.3. The Hall–Kier alpha value is -7.05. The van der Waals surface area contributed by atoms with E-state index >= 15 is 0 Å². The minimum Gasteiger partial charge on any atom is -0.456 e. The maximum absolute atomic E-state index is 12.6.